The van der Waals surface area contributed by atoms with Gasteiger partial charge < -0.3 is 4.74 Å². The standard InChI is InChI=1S/C29H29N2P.C4H7O.3ClH.Cr/c1-22(2)27-16-10-11-17-28(27)30-29(24-20-18-23(3)19-21-24)31-32(25-12-6-4-7-13-25)26-14-8-5-9-15-26;1-2-4-5-3-1;;;;/h4-22H,1-3H3,(H,30,31);3H,1-2,4H2;3*1H;/q;-1;;;;+4/p-2. The molecule has 1 heterocycles. The monoisotopic (exact) mass is 665 g/mol. The van der Waals surface area contributed by atoms with Crippen molar-refractivity contribution in [1.29, 1.82) is 0 Å². The topological polar surface area (TPSA) is 33.6 Å². The zero-order chi connectivity index (χ0) is 29.5. The fourth-order valence-corrected chi connectivity index (χ4v) is 6.24. The Morgan fingerprint density at radius 2 is 1.37 bits per heavy atom. The van der Waals surface area contributed by atoms with E-state index in [0.717, 1.165) is 30.1 Å². The van der Waals surface area contributed by atoms with Crippen molar-refractivity contribution in [3.63, 3.8) is 0 Å². The molecule has 0 aromatic heterocycles. The van der Waals surface area contributed by atoms with Crippen LogP contribution in [0.5, 0.6) is 0 Å². The number of ether oxygens (including phenoxy) is 1. The summed E-state index contributed by atoms with van der Waals surface area (Å²) in [4.78, 5) is 5.20. The van der Waals surface area contributed by atoms with Crippen LogP contribution in [-0.2, 0) is 16.1 Å². The van der Waals surface area contributed by atoms with Crippen molar-refractivity contribution in [2.24, 2.45) is 4.99 Å². The van der Waals surface area contributed by atoms with Gasteiger partial charge in [0.25, 0.3) is 0 Å². The molecule has 0 atom stereocenters. The van der Waals surface area contributed by atoms with Crippen LogP contribution in [0.2, 0.25) is 0 Å². The molecule has 1 N–H and O–H groups in total. The SMILES string of the molecule is Cc1ccc(C(=Nc2ccccc2C(C)C)N[PH+](c2ccccc2)c2ccccc2)cc1.[CH-]1CCCO1.[Cl][Cr+]([Cl])[Cl]. The van der Waals surface area contributed by atoms with Crippen molar-refractivity contribution >= 4 is 60.4 Å². The minimum atomic E-state index is -1.62. The second-order valence-corrected chi connectivity index (χ2v) is 18.1. The molecule has 1 saturated heterocycles. The van der Waals surface area contributed by atoms with Crippen molar-refractivity contribution in [2.75, 3.05) is 6.61 Å². The van der Waals surface area contributed by atoms with E-state index in [1.54, 1.807) is 0 Å². The number of aryl methyl sites for hydroxylation is 1. The van der Waals surface area contributed by atoms with Gasteiger partial charge in [-0.3, -0.25) is 0 Å². The molecule has 8 heteroatoms. The van der Waals surface area contributed by atoms with Crippen molar-refractivity contribution in [3.05, 3.63) is 132 Å². The number of benzene rings is 4. The molecule has 5 rings (SSSR count). The normalized spacial score (nSPS) is 13.0. The Labute approximate surface area is 263 Å². The van der Waals surface area contributed by atoms with Gasteiger partial charge in [-0.15, -0.1) is 0 Å². The van der Waals surface area contributed by atoms with Crippen molar-refractivity contribution in [1.82, 2.24) is 5.09 Å². The van der Waals surface area contributed by atoms with Gasteiger partial charge in [0.1, 0.15) is 10.6 Å². The molecular weight excluding hydrogens is 630 g/mol. The molecule has 4 aromatic rings. The summed E-state index contributed by atoms with van der Waals surface area (Å²) in [5, 5.41) is 6.50. The summed E-state index contributed by atoms with van der Waals surface area (Å²) in [6, 6.07) is 38.5. The molecule has 0 bridgehead atoms. The van der Waals surface area contributed by atoms with Gasteiger partial charge in [-0.05, 0) is 48.7 Å². The summed E-state index contributed by atoms with van der Waals surface area (Å²) in [5.74, 6) is 1.32. The molecule has 0 saturated carbocycles. The number of aliphatic imine (C=N–C) groups is 1. The maximum absolute atomic E-state index is 5.20. The van der Waals surface area contributed by atoms with Crippen molar-refractivity contribution < 1.29 is 16.1 Å². The van der Waals surface area contributed by atoms with E-state index >= 15 is 0 Å². The van der Waals surface area contributed by atoms with Gasteiger partial charge in [-0.2, -0.15) is 6.42 Å². The van der Waals surface area contributed by atoms with E-state index < -0.39 is 19.5 Å². The maximum atomic E-state index is 5.20. The number of amidine groups is 1. The second kappa shape index (κ2) is 18.6. The number of hydrogen-bond acceptors (Lipinski definition) is 2. The van der Waals surface area contributed by atoms with Crippen LogP contribution in [0.3, 0.4) is 0 Å². The fourth-order valence-electron chi connectivity index (χ4n) is 4.13. The zero-order valence-electron chi connectivity index (χ0n) is 23.6. The zero-order valence-corrected chi connectivity index (χ0v) is 28.1. The van der Waals surface area contributed by atoms with Gasteiger partial charge in [0.2, 0.25) is 0 Å². The molecule has 1 fully saturated rings. The van der Waals surface area contributed by atoms with E-state index in [0.29, 0.717) is 5.92 Å². The van der Waals surface area contributed by atoms with Gasteiger partial charge in [0, 0.05) is 12.2 Å². The Balaban J connectivity index is 0.000000442. The summed E-state index contributed by atoms with van der Waals surface area (Å²) < 4.78 is 4.82. The molecule has 3 nitrogen and oxygen atoms in total. The second-order valence-electron chi connectivity index (χ2n) is 9.63. The molecule has 216 valence electrons. The molecule has 0 unspecified atom stereocenters. The molecular formula is C33H37Cl3CrN2OP+. The Bertz CT molecular complexity index is 1270. The predicted octanol–water partition coefficient (Wildman–Crippen LogP) is 9.59. The van der Waals surface area contributed by atoms with E-state index in [1.165, 1.54) is 28.2 Å². The van der Waals surface area contributed by atoms with Crippen LogP contribution < -0.4 is 15.7 Å². The van der Waals surface area contributed by atoms with E-state index in [9.17, 15) is 0 Å². The molecule has 1 aliphatic rings. The molecule has 4 aromatic carbocycles. The number of halogens is 3. The number of rotatable bonds is 6. The van der Waals surface area contributed by atoms with Gasteiger partial charge in [-0.25, -0.2) is 16.7 Å². The number of hydrogen-bond donors (Lipinski definition) is 1. The van der Waals surface area contributed by atoms with Gasteiger partial charge in [0.15, 0.2) is 13.9 Å². The van der Waals surface area contributed by atoms with Crippen LogP contribution in [0.15, 0.2) is 114 Å². The average Bonchev–Trinajstić information content (AvgIpc) is 3.57. The third kappa shape index (κ3) is 12.1. The molecule has 0 spiro atoms. The molecule has 1 aliphatic heterocycles. The summed E-state index contributed by atoms with van der Waals surface area (Å²) in [6.07, 6.45) is 2.38. The molecule has 0 amide bonds. The first-order chi connectivity index (χ1) is 19.8. The molecule has 0 radical (unpaired) electrons. The van der Waals surface area contributed by atoms with Crippen molar-refractivity contribution in [2.45, 2.75) is 39.5 Å². The summed E-state index contributed by atoms with van der Waals surface area (Å²) >= 11 is -1.62. The van der Waals surface area contributed by atoms with Crippen LogP contribution in [0.25, 0.3) is 0 Å². The van der Waals surface area contributed by atoms with E-state index in [-0.39, 0.29) is 0 Å². The first-order valence-corrected chi connectivity index (χ1v) is 20.3. The first-order valence-electron chi connectivity index (χ1n) is 13.5. The fraction of sp³-hybridized carbons (Fsp3) is 0.212. The quantitative estimate of drug-likeness (QED) is 0.0963. The Morgan fingerprint density at radius 3 is 1.83 bits per heavy atom. The van der Waals surface area contributed by atoms with Crippen LogP contribution in [0, 0.1) is 13.5 Å². The first kappa shape index (κ1) is 33.6. The van der Waals surface area contributed by atoms with Crippen LogP contribution in [0.1, 0.15) is 49.3 Å². The Morgan fingerprint density at radius 1 is 0.829 bits per heavy atom. The third-order valence-corrected chi connectivity index (χ3v) is 8.49. The summed E-state index contributed by atoms with van der Waals surface area (Å²) in [7, 11) is 13.5. The van der Waals surface area contributed by atoms with Crippen LogP contribution in [-0.4, -0.2) is 12.4 Å². The number of nitrogens with zero attached hydrogens (tertiary/aromatic N) is 1. The van der Waals surface area contributed by atoms with Crippen molar-refractivity contribution in [3.8, 4) is 0 Å². The number of para-hydroxylation sites is 1. The Kier molecular flexibility index (Phi) is 15.3. The van der Waals surface area contributed by atoms with Gasteiger partial charge >= 0.3 is 41.5 Å². The van der Waals surface area contributed by atoms with E-state index in [2.05, 4.69) is 135 Å². The van der Waals surface area contributed by atoms with Crippen LogP contribution in [0.4, 0.5) is 5.69 Å². The van der Waals surface area contributed by atoms with Gasteiger partial charge in [-0.1, -0.05) is 105 Å². The van der Waals surface area contributed by atoms with Gasteiger partial charge in [0.05, 0.1) is 5.69 Å². The summed E-state index contributed by atoms with van der Waals surface area (Å²) in [5.41, 5.74) is 4.62. The molecule has 41 heavy (non-hydrogen) atoms. The predicted molar refractivity (Wildman–Crippen MR) is 179 cm³/mol. The van der Waals surface area contributed by atoms with Crippen LogP contribution >= 0.6 is 38.2 Å². The minimum absolute atomic E-state index is 0.405. The Hall–Kier alpha value is -1.86. The van der Waals surface area contributed by atoms with E-state index in [1.807, 2.05) is 6.61 Å². The third-order valence-electron chi connectivity index (χ3n) is 6.19. The average molecular weight is 667 g/mol. The van der Waals surface area contributed by atoms with E-state index in [4.69, 9.17) is 39.9 Å². The molecule has 0 aliphatic carbocycles. The number of nitrogens with one attached hydrogen (secondary N) is 1. The summed E-state index contributed by atoms with van der Waals surface area (Å²) in [6.45, 7) is 9.36.